The predicted molar refractivity (Wildman–Crippen MR) is 86.5 cm³/mol. The molecular weight excluding hydrogens is 282 g/mol. The number of imidazole rings is 1. The number of rotatable bonds is 5. The van der Waals surface area contributed by atoms with Gasteiger partial charge < -0.3 is 9.88 Å². The predicted octanol–water partition coefficient (Wildman–Crippen LogP) is 3.78. The molecule has 5 heteroatoms. The van der Waals surface area contributed by atoms with Gasteiger partial charge in [0.05, 0.1) is 5.69 Å². The van der Waals surface area contributed by atoms with Crippen LogP contribution in [0.15, 0.2) is 35.6 Å². The maximum atomic E-state index is 11.8. The zero-order valence-corrected chi connectivity index (χ0v) is 12.9. The molecule has 0 saturated carbocycles. The molecule has 1 aliphatic heterocycles. The monoisotopic (exact) mass is 301 g/mol. The first-order chi connectivity index (χ1) is 10.3. The van der Waals surface area contributed by atoms with Crippen molar-refractivity contribution in [1.29, 1.82) is 0 Å². The number of anilines is 1. The van der Waals surface area contributed by atoms with E-state index in [0.29, 0.717) is 6.42 Å². The van der Waals surface area contributed by atoms with E-state index in [1.165, 1.54) is 0 Å². The van der Waals surface area contributed by atoms with Crippen molar-refractivity contribution < 1.29 is 4.79 Å². The minimum atomic E-state index is 0.0805. The lowest BCUT2D eigenvalue weighted by Gasteiger charge is -2.06. The molecule has 3 rings (SSSR count). The number of nitrogens with one attached hydrogen (secondary N) is 1. The van der Waals surface area contributed by atoms with Gasteiger partial charge >= 0.3 is 0 Å². The number of carbonyl (C=O) groups excluding carboxylic acids is 1. The summed E-state index contributed by atoms with van der Waals surface area (Å²) in [5.41, 5.74) is 2.86. The Morgan fingerprint density at radius 2 is 2.38 bits per heavy atom. The van der Waals surface area contributed by atoms with Crippen LogP contribution in [0.3, 0.4) is 0 Å². The second-order valence-corrected chi connectivity index (χ2v) is 6.25. The molecule has 1 aromatic carbocycles. The molecule has 0 radical (unpaired) electrons. The number of benzene rings is 1. The lowest BCUT2D eigenvalue weighted by Crippen LogP contribution is -2.10. The summed E-state index contributed by atoms with van der Waals surface area (Å²) in [7, 11) is 0. The maximum absolute atomic E-state index is 11.8. The number of thioether (sulfide) groups is 1. The second-order valence-electron chi connectivity index (χ2n) is 5.18. The van der Waals surface area contributed by atoms with Gasteiger partial charge in [0, 0.05) is 36.2 Å². The Kier molecular flexibility index (Phi) is 4.29. The van der Waals surface area contributed by atoms with Crippen molar-refractivity contribution in [3.05, 3.63) is 30.5 Å². The SMILES string of the molecule is CCCCC(=O)Nc1cccc(-c2cn3c(n2)SCC3)c1. The first-order valence-corrected chi connectivity index (χ1v) is 8.35. The third kappa shape index (κ3) is 3.29. The molecule has 0 bridgehead atoms. The topological polar surface area (TPSA) is 46.9 Å². The van der Waals surface area contributed by atoms with Crippen molar-refractivity contribution >= 4 is 23.4 Å². The third-order valence-corrected chi connectivity index (χ3v) is 4.47. The summed E-state index contributed by atoms with van der Waals surface area (Å²) in [5.74, 6) is 1.19. The van der Waals surface area contributed by atoms with Gasteiger partial charge in [-0.3, -0.25) is 4.79 Å². The van der Waals surface area contributed by atoms with E-state index in [1.807, 2.05) is 24.3 Å². The largest absolute Gasteiger partial charge is 0.326 e. The Morgan fingerprint density at radius 1 is 1.48 bits per heavy atom. The van der Waals surface area contributed by atoms with Crippen molar-refractivity contribution in [3.8, 4) is 11.3 Å². The van der Waals surface area contributed by atoms with Crippen molar-refractivity contribution in [1.82, 2.24) is 9.55 Å². The Hall–Kier alpha value is -1.75. The number of hydrogen-bond donors (Lipinski definition) is 1. The Balaban J connectivity index is 1.74. The second kappa shape index (κ2) is 6.35. The average molecular weight is 301 g/mol. The quantitative estimate of drug-likeness (QED) is 0.914. The van der Waals surface area contributed by atoms with Crippen molar-refractivity contribution in [2.75, 3.05) is 11.1 Å². The van der Waals surface area contributed by atoms with E-state index in [9.17, 15) is 4.79 Å². The summed E-state index contributed by atoms with van der Waals surface area (Å²) in [4.78, 5) is 16.4. The number of aromatic nitrogens is 2. The zero-order valence-electron chi connectivity index (χ0n) is 12.1. The van der Waals surface area contributed by atoms with Gasteiger partial charge in [0.15, 0.2) is 5.16 Å². The van der Waals surface area contributed by atoms with Crippen LogP contribution in [0.1, 0.15) is 26.2 Å². The summed E-state index contributed by atoms with van der Waals surface area (Å²) in [6.07, 6.45) is 4.63. The van der Waals surface area contributed by atoms with Crippen molar-refractivity contribution in [2.24, 2.45) is 0 Å². The summed E-state index contributed by atoms with van der Waals surface area (Å²) in [5, 5.41) is 4.04. The molecule has 21 heavy (non-hydrogen) atoms. The van der Waals surface area contributed by atoms with Crippen LogP contribution in [0.4, 0.5) is 5.69 Å². The van der Waals surface area contributed by atoms with Crippen molar-refractivity contribution in [3.63, 3.8) is 0 Å². The minimum absolute atomic E-state index is 0.0805. The van der Waals surface area contributed by atoms with Gasteiger partial charge in [0.2, 0.25) is 5.91 Å². The molecule has 110 valence electrons. The summed E-state index contributed by atoms with van der Waals surface area (Å²) >= 11 is 1.79. The van der Waals surface area contributed by atoms with Gasteiger partial charge in [-0.2, -0.15) is 0 Å². The summed E-state index contributed by atoms with van der Waals surface area (Å²) < 4.78 is 2.19. The molecule has 0 atom stereocenters. The summed E-state index contributed by atoms with van der Waals surface area (Å²) in [6, 6.07) is 7.91. The van der Waals surface area contributed by atoms with Gasteiger partial charge in [0.1, 0.15) is 0 Å². The minimum Gasteiger partial charge on any atom is -0.326 e. The van der Waals surface area contributed by atoms with E-state index in [2.05, 4.69) is 28.0 Å². The van der Waals surface area contributed by atoms with Crippen LogP contribution in [0.25, 0.3) is 11.3 Å². The fraction of sp³-hybridized carbons (Fsp3) is 0.375. The van der Waals surface area contributed by atoms with Gasteiger partial charge in [0.25, 0.3) is 0 Å². The van der Waals surface area contributed by atoms with E-state index in [0.717, 1.165) is 47.2 Å². The Labute approximate surface area is 129 Å². The molecular formula is C16H19N3OS. The highest BCUT2D eigenvalue weighted by atomic mass is 32.2. The number of carbonyl (C=O) groups is 1. The number of fused-ring (bicyclic) bond motifs is 1. The standard InChI is InChI=1S/C16H19N3OS/c1-2-3-7-15(20)17-13-6-4-5-12(10-13)14-11-19-8-9-21-16(19)18-14/h4-6,10-11H,2-3,7-9H2,1H3,(H,17,20). The first kappa shape index (κ1) is 14.2. The number of unbranched alkanes of at least 4 members (excludes halogenated alkanes) is 1. The molecule has 1 aromatic heterocycles. The molecule has 4 nitrogen and oxygen atoms in total. The van der Waals surface area contributed by atoms with Gasteiger partial charge in [-0.1, -0.05) is 37.2 Å². The average Bonchev–Trinajstić information content (AvgIpc) is 3.06. The van der Waals surface area contributed by atoms with Gasteiger partial charge in [-0.05, 0) is 18.6 Å². The third-order valence-electron chi connectivity index (χ3n) is 3.50. The molecule has 2 heterocycles. The molecule has 0 saturated heterocycles. The highest BCUT2D eigenvalue weighted by molar-refractivity contribution is 7.99. The number of hydrogen-bond acceptors (Lipinski definition) is 3. The van der Waals surface area contributed by atoms with Crippen molar-refractivity contribution in [2.45, 2.75) is 37.9 Å². The molecule has 0 unspecified atom stereocenters. The van der Waals surface area contributed by atoms with E-state index in [4.69, 9.17) is 0 Å². The van der Waals surface area contributed by atoms with Crippen LogP contribution >= 0.6 is 11.8 Å². The van der Waals surface area contributed by atoms with Crippen LogP contribution in [-0.4, -0.2) is 21.2 Å². The Morgan fingerprint density at radius 3 is 3.19 bits per heavy atom. The molecule has 1 N–H and O–H groups in total. The molecule has 0 spiro atoms. The normalized spacial score (nSPS) is 13.2. The van der Waals surface area contributed by atoms with Crippen LogP contribution in [0, 0.1) is 0 Å². The summed E-state index contributed by atoms with van der Waals surface area (Å²) in [6.45, 7) is 3.12. The van der Waals surface area contributed by atoms with E-state index < -0.39 is 0 Å². The van der Waals surface area contributed by atoms with E-state index >= 15 is 0 Å². The lowest BCUT2D eigenvalue weighted by atomic mass is 10.1. The molecule has 0 fully saturated rings. The molecule has 1 aliphatic rings. The lowest BCUT2D eigenvalue weighted by molar-refractivity contribution is -0.116. The molecule has 2 aromatic rings. The number of aryl methyl sites for hydroxylation is 1. The fourth-order valence-corrected chi connectivity index (χ4v) is 3.31. The zero-order chi connectivity index (χ0) is 14.7. The van der Waals surface area contributed by atoms with Gasteiger partial charge in [-0.25, -0.2) is 4.98 Å². The first-order valence-electron chi connectivity index (χ1n) is 7.36. The van der Waals surface area contributed by atoms with E-state index in [1.54, 1.807) is 11.8 Å². The number of nitrogens with zero attached hydrogens (tertiary/aromatic N) is 2. The van der Waals surface area contributed by atoms with Gasteiger partial charge in [-0.15, -0.1) is 0 Å². The molecule has 0 aliphatic carbocycles. The maximum Gasteiger partial charge on any atom is 0.224 e. The number of amides is 1. The van der Waals surface area contributed by atoms with E-state index in [-0.39, 0.29) is 5.91 Å². The van der Waals surface area contributed by atoms with Crippen LogP contribution < -0.4 is 5.32 Å². The smallest absolute Gasteiger partial charge is 0.224 e. The Bertz CT molecular complexity index is 629. The van der Waals surface area contributed by atoms with Crippen LogP contribution in [0.5, 0.6) is 0 Å². The fourth-order valence-electron chi connectivity index (χ4n) is 2.37. The highest BCUT2D eigenvalue weighted by Crippen LogP contribution is 2.29. The van der Waals surface area contributed by atoms with Crippen LogP contribution in [-0.2, 0) is 11.3 Å². The molecule has 1 amide bonds. The van der Waals surface area contributed by atoms with Crippen LogP contribution in [0.2, 0.25) is 0 Å². The highest BCUT2D eigenvalue weighted by Gasteiger charge is 2.15.